The highest BCUT2D eigenvalue weighted by Crippen LogP contribution is 2.32. The van der Waals surface area contributed by atoms with E-state index in [4.69, 9.17) is 0 Å². The zero-order valence-electron chi connectivity index (χ0n) is 9.49. The van der Waals surface area contributed by atoms with E-state index < -0.39 is 4.92 Å². The average molecular weight is 243 g/mol. The van der Waals surface area contributed by atoms with Gasteiger partial charge in [0.25, 0.3) is 5.69 Å². The van der Waals surface area contributed by atoms with E-state index in [-0.39, 0.29) is 5.69 Å². The van der Waals surface area contributed by atoms with Gasteiger partial charge in [-0.2, -0.15) is 10.2 Å². The summed E-state index contributed by atoms with van der Waals surface area (Å²) in [5.41, 5.74) is 2.06. The van der Waals surface area contributed by atoms with E-state index in [9.17, 15) is 10.1 Å². The molecule has 7 heteroatoms. The second kappa shape index (κ2) is 3.66. The molecule has 90 valence electrons. The first-order valence-corrected chi connectivity index (χ1v) is 5.25. The Bertz CT molecular complexity index is 743. The number of hydrogen-bond acceptors (Lipinski definition) is 4. The van der Waals surface area contributed by atoms with Crippen molar-refractivity contribution in [3.8, 4) is 11.1 Å². The molecule has 0 aliphatic carbocycles. The van der Waals surface area contributed by atoms with Crippen LogP contribution in [0.1, 0.15) is 0 Å². The van der Waals surface area contributed by atoms with Gasteiger partial charge in [0, 0.05) is 30.3 Å². The van der Waals surface area contributed by atoms with Gasteiger partial charge in [-0.3, -0.25) is 19.9 Å². The maximum absolute atomic E-state index is 11.1. The Labute approximate surface area is 101 Å². The van der Waals surface area contributed by atoms with Crippen LogP contribution in [-0.4, -0.2) is 24.9 Å². The van der Waals surface area contributed by atoms with Crippen molar-refractivity contribution in [2.24, 2.45) is 7.05 Å². The molecule has 7 nitrogen and oxygen atoms in total. The Morgan fingerprint density at radius 3 is 2.89 bits per heavy atom. The standard InChI is InChI=1S/C11H9N5O2/c1-15-6-8(5-13-15)9-3-10-7(4-12-14-10)2-11(9)16(17)18/h2-6H,1H3,(H,12,14). The third kappa shape index (κ3) is 1.53. The molecule has 2 aromatic heterocycles. The van der Waals surface area contributed by atoms with Gasteiger partial charge in [-0.25, -0.2) is 0 Å². The van der Waals surface area contributed by atoms with Crippen LogP contribution in [0.25, 0.3) is 22.0 Å². The number of aromatic nitrogens is 4. The van der Waals surface area contributed by atoms with Crippen LogP contribution in [0, 0.1) is 10.1 Å². The first-order valence-electron chi connectivity index (χ1n) is 5.25. The highest BCUT2D eigenvalue weighted by atomic mass is 16.6. The minimum absolute atomic E-state index is 0.0527. The summed E-state index contributed by atoms with van der Waals surface area (Å²) in [5, 5.41) is 22.5. The molecule has 0 amide bonds. The summed E-state index contributed by atoms with van der Waals surface area (Å²) in [4.78, 5) is 10.7. The van der Waals surface area contributed by atoms with E-state index in [1.54, 1.807) is 36.4 Å². The molecule has 0 saturated heterocycles. The fourth-order valence-corrected chi connectivity index (χ4v) is 1.92. The number of aromatic amines is 1. The summed E-state index contributed by atoms with van der Waals surface area (Å²) in [6, 6.07) is 3.23. The van der Waals surface area contributed by atoms with E-state index in [1.807, 2.05) is 0 Å². The normalized spacial score (nSPS) is 10.9. The predicted octanol–water partition coefficient (Wildman–Crippen LogP) is 1.87. The lowest BCUT2D eigenvalue weighted by molar-refractivity contribution is -0.384. The van der Waals surface area contributed by atoms with E-state index in [0.717, 1.165) is 5.52 Å². The van der Waals surface area contributed by atoms with Crippen LogP contribution >= 0.6 is 0 Å². The second-order valence-electron chi connectivity index (χ2n) is 3.99. The summed E-state index contributed by atoms with van der Waals surface area (Å²) >= 11 is 0. The molecular weight excluding hydrogens is 234 g/mol. The van der Waals surface area contributed by atoms with Crippen LogP contribution in [0.3, 0.4) is 0 Å². The Morgan fingerprint density at radius 1 is 1.39 bits per heavy atom. The van der Waals surface area contributed by atoms with Gasteiger partial charge in [0.1, 0.15) is 0 Å². The molecule has 0 aliphatic rings. The minimum Gasteiger partial charge on any atom is -0.278 e. The van der Waals surface area contributed by atoms with Crippen LogP contribution in [0.5, 0.6) is 0 Å². The fourth-order valence-electron chi connectivity index (χ4n) is 1.92. The van der Waals surface area contributed by atoms with Crippen molar-refractivity contribution in [2.75, 3.05) is 0 Å². The number of fused-ring (bicyclic) bond motifs is 1. The largest absolute Gasteiger partial charge is 0.278 e. The van der Waals surface area contributed by atoms with E-state index in [1.165, 1.54) is 6.07 Å². The van der Waals surface area contributed by atoms with Gasteiger partial charge >= 0.3 is 0 Å². The molecule has 0 saturated carbocycles. The van der Waals surface area contributed by atoms with Crippen molar-refractivity contribution >= 4 is 16.6 Å². The topological polar surface area (TPSA) is 89.6 Å². The summed E-state index contributed by atoms with van der Waals surface area (Å²) in [5.74, 6) is 0. The molecule has 0 fully saturated rings. The molecule has 0 aliphatic heterocycles. The number of rotatable bonds is 2. The molecule has 0 radical (unpaired) electrons. The average Bonchev–Trinajstić information content (AvgIpc) is 2.94. The lowest BCUT2D eigenvalue weighted by Crippen LogP contribution is -1.91. The van der Waals surface area contributed by atoms with Gasteiger partial charge in [-0.1, -0.05) is 0 Å². The van der Waals surface area contributed by atoms with E-state index in [0.29, 0.717) is 16.5 Å². The molecule has 3 aromatic rings. The number of nitrogens with zero attached hydrogens (tertiary/aromatic N) is 4. The first-order chi connectivity index (χ1) is 8.65. The zero-order valence-corrected chi connectivity index (χ0v) is 9.49. The monoisotopic (exact) mass is 243 g/mol. The fraction of sp³-hybridized carbons (Fsp3) is 0.0909. The smallest absolute Gasteiger partial charge is 0.278 e. The SMILES string of the molecule is Cn1cc(-c2cc3[nH]ncc3cc2[N+](=O)[O-])cn1. The molecule has 0 unspecified atom stereocenters. The van der Waals surface area contributed by atoms with Crippen molar-refractivity contribution in [1.29, 1.82) is 0 Å². The summed E-state index contributed by atoms with van der Waals surface area (Å²) < 4.78 is 1.61. The van der Waals surface area contributed by atoms with Crippen LogP contribution < -0.4 is 0 Å². The number of benzene rings is 1. The van der Waals surface area contributed by atoms with E-state index >= 15 is 0 Å². The Balaban J connectivity index is 2.31. The van der Waals surface area contributed by atoms with Crippen LogP contribution in [0.4, 0.5) is 5.69 Å². The van der Waals surface area contributed by atoms with Gasteiger partial charge in [-0.05, 0) is 6.07 Å². The third-order valence-corrected chi connectivity index (χ3v) is 2.77. The summed E-state index contributed by atoms with van der Waals surface area (Å²) in [6.07, 6.45) is 4.91. The van der Waals surface area contributed by atoms with Gasteiger partial charge < -0.3 is 0 Å². The van der Waals surface area contributed by atoms with Crippen molar-refractivity contribution in [2.45, 2.75) is 0 Å². The highest BCUT2D eigenvalue weighted by molar-refractivity contribution is 5.89. The Morgan fingerprint density at radius 2 is 2.22 bits per heavy atom. The number of hydrogen-bond donors (Lipinski definition) is 1. The third-order valence-electron chi connectivity index (χ3n) is 2.77. The molecule has 18 heavy (non-hydrogen) atoms. The van der Waals surface area contributed by atoms with Gasteiger partial charge in [0.05, 0.1) is 28.4 Å². The van der Waals surface area contributed by atoms with Crippen molar-refractivity contribution < 1.29 is 4.92 Å². The predicted molar refractivity (Wildman–Crippen MR) is 65.0 cm³/mol. The highest BCUT2D eigenvalue weighted by Gasteiger charge is 2.18. The van der Waals surface area contributed by atoms with Crippen molar-refractivity contribution in [3.63, 3.8) is 0 Å². The molecule has 0 atom stereocenters. The van der Waals surface area contributed by atoms with E-state index in [2.05, 4.69) is 15.3 Å². The van der Waals surface area contributed by atoms with Gasteiger partial charge in [0.2, 0.25) is 0 Å². The first kappa shape index (κ1) is 10.5. The van der Waals surface area contributed by atoms with Crippen LogP contribution in [0.15, 0.2) is 30.7 Å². The molecule has 0 spiro atoms. The maximum atomic E-state index is 11.1. The summed E-state index contributed by atoms with van der Waals surface area (Å²) in [7, 11) is 1.77. The zero-order chi connectivity index (χ0) is 12.7. The minimum atomic E-state index is -0.394. The molecule has 0 bridgehead atoms. The number of nitrogens with one attached hydrogen (secondary N) is 1. The Hall–Kier alpha value is -2.70. The molecule has 1 N–H and O–H groups in total. The quantitative estimate of drug-likeness (QED) is 0.549. The lowest BCUT2D eigenvalue weighted by Gasteiger charge is -2.00. The molecule has 1 aromatic carbocycles. The number of nitro groups is 1. The van der Waals surface area contributed by atoms with Crippen LogP contribution in [-0.2, 0) is 7.05 Å². The molecule has 3 rings (SSSR count). The summed E-state index contributed by atoms with van der Waals surface area (Å²) in [6.45, 7) is 0. The number of nitro benzene ring substituents is 1. The van der Waals surface area contributed by atoms with Crippen LogP contribution in [0.2, 0.25) is 0 Å². The van der Waals surface area contributed by atoms with Crippen molar-refractivity contribution in [1.82, 2.24) is 20.0 Å². The molecular formula is C11H9N5O2. The maximum Gasteiger partial charge on any atom is 0.278 e. The molecule has 2 heterocycles. The van der Waals surface area contributed by atoms with Crippen molar-refractivity contribution in [3.05, 3.63) is 40.8 Å². The Kier molecular flexibility index (Phi) is 2.12. The van der Waals surface area contributed by atoms with Gasteiger partial charge in [-0.15, -0.1) is 0 Å². The van der Waals surface area contributed by atoms with Gasteiger partial charge in [0.15, 0.2) is 0 Å². The number of H-pyrrole nitrogens is 1. The number of aryl methyl sites for hydroxylation is 1. The second-order valence-corrected chi connectivity index (χ2v) is 3.99. The lowest BCUT2D eigenvalue weighted by atomic mass is 10.1.